The van der Waals surface area contributed by atoms with Crippen LogP contribution >= 0.6 is 0 Å². The number of nitrogens with zero attached hydrogens (tertiary/aromatic N) is 1. The molecule has 1 aromatic rings. The second-order valence-corrected chi connectivity index (χ2v) is 3.58. The predicted molar refractivity (Wildman–Crippen MR) is 40.1 cm³/mol. The van der Waals surface area contributed by atoms with Crippen LogP contribution in [0.5, 0.6) is 0 Å². The van der Waals surface area contributed by atoms with Crippen LogP contribution in [0.25, 0.3) is 0 Å². The van der Waals surface area contributed by atoms with Crippen LogP contribution in [0, 0.1) is 5.92 Å². The molecule has 0 unspecified atom stereocenters. The monoisotopic (exact) mass is 164 g/mol. The van der Waals surface area contributed by atoms with Crippen molar-refractivity contribution < 1.29 is 9.90 Å². The molecule has 2 aliphatic rings. The van der Waals surface area contributed by atoms with Gasteiger partial charge in [0.15, 0.2) is 5.69 Å². The molecule has 0 amide bonds. The van der Waals surface area contributed by atoms with E-state index in [1.807, 2.05) is 0 Å². The minimum Gasteiger partial charge on any atom is -0.476 e. The Morgan fingerprint density at radius 2 is 2.50 bits per heavy atom. The fourth-order valence-electron chi connectivity index (χ4n) is 2.16. The highest BCUT2D eigenvalue weighted by Crippen LogP contribution is 2.55. The van der Waals surface area contributed by atoms with Crippen LogP contribution in [0.15, 0.2) is 0 Å². The number of hydrogen-bond acceptors (Lipinski definition) is 2. The number of aromatic nitrogens is 2. The third-order valence-corrected chi connectivity index (χ3v) is 2.86. The summed E-state index contributed by atoms with van der Waals surface area (Å²) in [4.78, 5) is 10.7. The topological polar surface area (TPSA) is 66.0 Å². The summed E-state index contributed by atoms with van der Waals surface area (Å²) in [6, 6.07) is 0. The van der Waals surface area contributed by atoms with E-state index in [0.29, 0.717) is 11.8 Å². The lowest BCUT2D eigenvalue weighted by atomic mass is 10.1. The van der Waals surface area contributed by atoms with E-state index in [1.165, 1.54) is 6.42 Å². The number of carboxylic acids is 1. The van der Waals surface area contributed by atoms with E-state index >= 15 is 0 Å². The number of hydrogen-bond donors (Lipinski definition) is 2. The average molecular weight is 164 g/mol. The number of aromatic carboxylic acids is 1. The molecule has 0 spiro atoms. The average Bonchev–Trinajstić information content (AvgIpc) is 2.54. The quantitative estimate of drug-likeness (QED) is 0.644. The number of carbonyl (C=O) groups is 1. The number of H-pyrrole nitrogens is 1. The highest BCUT2D eigenvalue weighted by molar-refractivity contribution is 5.87. The second-order valence-electron chi connectivity index (χ2n) is 3.58. The molecule has 2 atom stereocenters. The van der Waals surface area contributed by atoms with Crippen molar-refractivity contribution in [1.82, 2.24) is 10.2 Å². The van der Waals surface area contributed by atoms with Gasteiger partial charge in [0.25, 0.3) is 0 Å². The zero-order valence-electron chi connectivity index (χ0n) is 6.37. The Kier molecular flexibility index (Phi) is 0.885. The van der Waals surface area contributed by atoms with Crippen molar-refractivity contribution in [2.75, 3.05) is 0 Å². The summed E-state index contributed by atoms with van der Waals surface area (Å²) in [5, 5.41) is 15.4. The Morgan fingerprint density at radius 3 is 3.25 bits per heavy atom. The van der Waals surface area contributed by atoms with Gasteiger partial charge in [-0.25, -0.2) is 4.79 Å². The highest BCUT2D eigenvalue weighted by atomic mass is 16.4. The molecule has 1 aromatic heterocycles. The van der Waals surface area contributed by atoms with Gasteiger partial charge in [-0.1, -0.05) is 0 Å². The van der Waals surface area contributed by atoms with E-state index in [0.717, 1.165) is 17.7 Å². The van der Waals surface area contributed by atoms with Gasteiger partial charge in [0, 0.05) is 17.2 Å². The van der Waals surface area contributed by atoms with Crippen molar-refractivity contribution in [3.05, 3.63) is 17.0 Å². The lowest BCUT2D eigenvalue weighted by Crippen LogP contribution is -2.01. The molecule has 0 saturated heterocycles. The highest BCUT2D eigenvalue weighted by Gasteiger charge is 2.48. The Hall–Kier alpha value is -1.32. The predicted octanol–water partition coefficient (Wildman–Crippen LogP) is 0.767. The zero-order chi connectivity index (χ0) is 8.29. The first-order valence-electron chi connectivity index (χ1n) is 4.08. The van der Waals surface area contributed by atoms with Crippen molar-refractivity contribution in [2.45, 2.75) is 18.8 Å². The van der Waals surface area contributed by atoms with Gasteiger partial charge < -0.3 is 5.11 Å². The van der Waals surface area contributed by atoms with Gasteiger partial charge in [0.2, 0.25) is 0 Å². The van der Waals surface area contributed by atoms with Crippen LogP contribution in [0.2, 0.25) is 0 Å². The van der Waals surface area contributed by atoms with Crippen LogP contribution in [-0.4, -0.2) is 21.3 Å². The molecule has 2 aliphatic carbocycles. The van der Waals surface area contributed by atoms with E-state index in [9.17, 15) is 4.79 Å². The van der Waals surface area contributed by atoms with Crippen LogP contribution in [0.3, 0.4) is 0 Å². The number of carboxylic acid groups (broad SMARTS) is 1. The van der Waals surface area contributed by atoms with Gasteiger partial charge in [-0.2, -0.15) is 5.10 Å². The molecule has 4 heteroatoms. The summed E-state index contributed by atoms with van der Waals surface area (Å²) in [5.74, 6) is 0.404. The van der Waals surface area contributed by atoms with Gasteiger partial charge in [0.1, 0.15) is 0 Å². The number of fused-ring (bicyclic) bond motifs is 3. The minimum absolute atomic E-state index is 0.234. The van der Waals surface area contributed by atoms with E-state index in [4.69, 9.17) is 5.11 Å². The van der Waals surface area contributed by atoms with Crippen molar-refractivity contribution in [3.63, 3.8) is 0 Å². The standard InChI is InChI=1S/C8H8N2O2/c11-8(12)7-5-2-3-1-4(3)6(5)9-10-7/h3-4H,1-2H2,(H,9,10)(H,11,12)/t3-,4-/m0/s1. The molecule has 1 saturated carbocycles. The first kappa shape index (κ1) is 6.22. The molecule has 62 valence electrons. The molecule has 2 N–H and O–H groups in total. The summed E-state index contributed by atoms with van der Waals surface area (Å²) < 4.78 is 0. The summed E-state index contributed by atoms with van der Waals surface area (Å²) in [5.41, 5.74) is 2.26. The fraction of sp³-hybridized carbons (Fsp3) is 0.500. The summed E-state index contributed by atoms with van der Waals surface area (Å²) >= 11 is 0. The number of rotatable bonds is 1. The third-order valence-electron chi connectivity index (χ3n) is 2.86. The van der Waals surface area contributed by atoms with E-state index < -0.39 is 5.97 Å². The van der Waals surface area contributed by atoms with Gasteiger partial charge in [-0.15, -0.1) is 0 Å². The van der Waals surface area contributed by atoms with E-state index in [2.05, 4.69) is 10.2 Å². The molecule has 12 heavy (non-hydrogen) atoms. The normalized spacial score (nSPS) is 29.7. The van der Waals surface area contributed by atoms with Gasteiger partial charge >= 0.3 is 5.97 Å². The lowest BCUT2D eigenvalue weighted by Gasteiger charge is -1.92. The Labute approximate surface area is 68.6 Å². The first-order valence-corrected chi connectivity index (χ1v) is 4.08. The molecule has 0 bridgehead atoms. The Morgan fingerprint density at radius 1 is 1.67 bits per heavy atom. The van der Waals surface area contributed by atoms with E-state index in [1.54, 1.807) is 0 Å². The smallest absolute Gasteiger partial charge is 0.356 e. The SMILES string of the molecule is O=C(O)c1n[nH]c2c1C[C@@H]1C[C@H]21. The molecule has 1 heterocycles. The zero-order valence-corrected chi connectivity index (χ0v) is 6.37. The van der Waals surface area contributed by atoms with Crippen LogP contribution in [-0.2, 0) is 6.42 Å². The largest absolute Gasteiger partial charge is 0.476 e. The molecular weight excluding hydrogens is 156 g/mol. The van der Waals surface area contributed by atoms with Crippen LogP contribution < -0.4 is 0 Å². The maximum atomic E-state index is 10.7. The van der Waals surface area contributed by atoms with Gasteiger partial charge in [0.05, 0.1) is 0 Å². The van der Waals surface area contributed by atoms with Crippen molar-refractivity contribution in [3.8, 4) is 0 Å². The Bertz CT molecular complexity index is 369. The lowest BCUT2D eigenvalue weighted by molar-refractivity contribution is 0.0689. The third kappa shape index (κ3) is 0.581. The molecule has 4 nitrogen and oxygen atoms in total. The van der Waals surface area contributed by atoms with Crippen LogP contribution in [0.1, 0.15) is 34.1 Å². The van der Waals surface area contributed by atoms with Gasteiger partial charge in [-0.3, -0.25) is 5.10 Å². The van der Waals surface area contributed by atoms with Crippen molar-refractivity contribution in [2.24, 2.45) is 5.92 Å². The molecule has 1 fully saturated rings. The first-order chi connectivity index (χ1) is 5.77. The molecular formula is C8H8N2O2. The second kappa shape index (κ2) is 1.71. The minimum atomic E-state index is -0.909. The van der Waals surface area contributed by atoms with Crippen molar-refractivity contribution in [1.29, 1.82) is 0 Å². The van der Waals surface area contributed by atoms with E-state index in [-0.39, 0.29) is 5.69 Å². The van der Waals surface area contributed by atoms with Crippen LogP contribution in [0.4, 0.5) is 0 Å². The van der Waals surface area contributed by atoms with Crippen molar-refractivity contribution >= 4 is 5.97 Å². The maximum Gasteiger partial charge on any atom is 0.356 e. The maximum absolute atomic E-state index is 10.7. The molecule has 0 aromatic carbocycles. The summed E-state index contributed by atoms with van der Waals surface area (Å²) in [6.45, 7) is 0. The molecule has 0 aliphatic heterocycles. The number of aromatic amines is 1. The number of nitrogens with one attached hydrogen (secondary N) is 1. The summed E-state index contributed by atoms with van der Waals surface area (Å²) in [6.07, 6.45) is 2.13. The fourth-order valence-corrected chi connectivity index (χ4v) is 2.16. The summed E-state index contributed by atoms with van der Waals surface area (Å²) in [7, 11) is 0. The Balaban J connectivity index is 2.14. The molecule has 3 rings (SSSR count). The van der Waals surface area contributed by atoms with Gasteiger partial charge in [-0.05, 0) is 18.8 Å². The molecule has 0 radical (unpaired) electrons.